The largest absolute Gasteiger partial charge is 0.466 e. The van der Waals surface area contributed by atoms with Crippen LogP contribution in [-0.2, 0) is 44.2 Å². The first-order valence-corrected chi connectivity index (χ1v) is 21.0. The summed E-state index contributed by atoms with van der Waals surface area (Å²) < 4.78 is 45.5. The van der Waals surface area contributed by atoms with Gasteiger partial charge in [-0.3, -0.25) is 0 Å². The van der Waals surface area contributed by atoms with Crippen molar-refractivity contribution in [2.24, 2.45) is 5.92 Å². The van der Waals surface area contributed by atoms with Crippen molar-refractivity contribution in [3.05, 3.63) is 59.4 Å². The number of esters is 2. The molecule has 9 nitrogen and oxygen atoms in total. The molecule has 3 fully saturated rings. The molecular formula is C39H58O9Si. The molecule has 0 N–H and O–H groups in total. The van der Waals surface area contributed by atoms with E-state index < -0.39 is 37.1 Å². The first kappa shape index (κ1) is 37.7. The molecule has 1 aromatic rings. The van der Waals surface area contributed by atoms with Gasteiger partial charge in [-0.05, 0) is 88.7 Å². The second-order valence-electron chi connectivity index (χ2n) is 15.2. The van der Waals surface area contributed by atoms with Crippen LogP contribution in [0.1, 0.15) is 116 Å². The molecule has 3 saturated heterocycles. The van der Waals surface area contributed by atoms with E-state index in [2.05, 4.69) is 34.6 Å². The van der Waals surface area contributed by atoms with Crippen molar-refractivity contribution in [2.75, 3.05) is 13.2 Å². The van der Waals surface area contributed by atoms with E-state index in [1.165, 1.54) is 6.08 Å². The molecule has 4 aliphatic heterocycles. The first-order chi connectivity index (χ1) is 23.3. The number of carbonyl (C=O) groups is 2. The van der Waals surface area contributed by atoms with Gasteiger partial charge in [-0.25, -0.2) is 9.59 Å². The van der Waals surface area contributed by atoms with Crippen LogP contribution in [0.3, 0.4) is 0 Å². The second kappa shape index (κ2) is 15.4. The first-order valence-electron chi connectivity index (χ1n) is 18.5. The van der Waals surface area contributed by atoms with Crippen molar-refractivity contribution in [1.82, 2.24) is 0 Å². The number of carbonyl (C=O) groups excluding carboxylic acids is 2. The predicted octanol–water partition coefficient (Wildman–Crippen LogP) is 8.52. The Kier molecular flexibility index (Phi) is 11.9. The van der Waals surface area contributed by atoms with Crippen LogP contribution in [0.5, 0.6) is 0 Å². The molecule has 4 aliphatic rings. The van der Waals surface area contributed by atoms with E-state index in [0.717, 1.165) is 36.5 Å². The quantitative estimate of drug-likeness (QED) is 0.170. The summed E-state index contributed by atoms with van der Waals surface area (Å²) in [4.78, 5) is 25.9. The van der Waals surface area contributed by atoms with E-state index in [0.29, 0.717) is 63.1 Å². The summed E-state index contributed by atoms with van der Waals surface area (Å²) in [6.45, 7) is 15.8. The number of rotatable bonds is 5. The fourth-order valence-electron chi connectivity index (χ4n) is 7.87. The lowest BCUT2D eigenvalue weighted by Gasteiger charge is -2.54. The maximum atomic E-state index is 13.2. The zero-order valence-corrected chi connectivity index (χ0v) is 31.8. The van der Waals surface area contributed by atoms with Crippen LogP contribution >= 0.6 is 0 Å². The molecule has 5 atom stereocenters. The van der Waals surface area contributed by atoms with Crippen LogP contribution < -0.4 is 0 Å². The summed E-state index contributed by atoms with van der Waals surface area (Å²) >= 11 is 0. The van der Waals surface area contributed by atoms with E-state index >= 15 is 0 Å². The molecule has 272 valence electrons. The molecule has 0 unspecified atom stereocenters. The molecule has 0 saturated carbocycles. The van der Waals surface area contributed by atoms with Gasteiger partial charge in [0.25, 0.3) is 0 Å². The zero-order valence-electron chi connectivity index (χ0n) is 30.8. The SMILES string of the molecule is CC[Si](CC)(CC)O[C@]1(C)CC[C@H]2CCOCc3cccc(c3)C(=O)OC/C=C/CCC(C)(C)OC(=O)/C=C3/O[C@]4(CC[C@]1(O2)O4)C[C@H]3C. The third kappa shape index (κ3) is 8.70. The Morgan fingerprint density at radius 1 is 0.939 bits per heavy atom. The van der Waals surface area contributed by atoms with Crippen molar-refractivity contribution < 1.29 is 42.4 Å². The van der Waals surface area contributed by atoms with Crippen LogP contribution in [0.25, 0.3) is 0 Å². The van der Waals surface area contributed by atoms with E-state index in [-0.39, 0.29) is 24.6 Å². The third-order valence-electron chi connectivity index (χ3n) is 11.1. The maximum absolute atomic E-state index is 13.2. The summed E-state index contributed by atoms with van der Waals surface area (Å²) in [5.74, 6) is -2.15. The minimum absolute atomic E-state index is 0.0242. The lowest BCUT2D eigenvalue weighted by Crippen LogP contribution is -2.64. The number of hydrogen-bond acceptors (Lipinski definition) is 9. The van der Waals surface area contributed by atoms with E-state index in [1.54, 1.807) is 6.07 Å². The molecule has 5 rings (SSSR count). The average Bonchev–Trinajstić information content (AvgIpc) is 3.58. The van der Waals surface area contributed by atoms with Gasteiger partial charge in [-0.15, -0.1) is 0 Å². The number of allylic oxidation sites excluding steroid dienone is 2. The maximum Gasteiger partial charge on any atom is 0.338 e. The van der Waals surface area contributed by atoms with Crippen LogP contribution in [0.15, 0.2) is 48.3 Å². The molecule has 0 amide bonds. The van der Waals surface area contributed by atoms with Crippen molar-refractivity contribution in [3.8, 4) is 0 Å². The number of benzene rings is 1. The Morgan fingerprint density at radius 3 is 2.47 bits per heavy atom. The van der Waals surface area contributed by atoms with Crippen LogP contribution in [-0.4, -0.2) is 62.4 Å². The molecule has 2 spiro atoms. The minimum atomic E-state index is -2.04. The lowest BCUT2D eigenvalue weighted by atomic mass is 9.83. The van der Waals surface area contributed by atoms with Gasteiger partial charge < -0.3 is 32.8 Å². The highest BCUT2D eigenvalue weighted by Gasteiger charge is 2.66. The summed E-state index contributed by atoms with van der Waals surface area (Å²) in [6, 6.07) is 10.5. The van der Waals surface area contributed by atoms with Crippen molar-refractivity contribution >= 4 is 20.3 Å². The lowest BCUT2D eigenvalue weighted by molar-refractivity contribution is -0.379. The van der Waals surface area contributed by atoms with E-state index in [1.807, 2.05) is 44.2 Å². The molecule has 4 heterocycles. The summed E-state index contributed by atoms with van der Waals surface area (Å²) in [7, 11) is -2.04. The number of fused-ring (bicyclic) bond motifs is 4. The highest BCUT2D eigenvalue weighted by molar-refractivity contribution is 6.73. The molecule has 0 aliphatic carbocycles. The third-order valence-corrected chi connectivity index (χ3v) is 15.9. The molecule has 0 radical (unpaired) electrons. The normalized spacial score (nSPS) is 34.7. The molecule has 1 aromatic carbocycles. The predicted molar refractivity (Wildman–Crippen MR) is 189 cm³/mol. The van der Waals surface area contributed by atoms with Crippen LogP contribution in [0, 0.1) is 5.92 Å². The Labute approximate surface area is 294 Å². The highest BCUT2D eigenvalue weighted by Crippen LogP contribution is 2.57. The van der Waals surface area contributed by atoms with Gasteiger partial charge >= 0.3 is 11.9 Å². The van der Waals surface area contributed by atoms with Gasteiger partial charge in [0.05, 0.1) is 24.4 Å². The summed E-state index contributed by atoms with van der Waals surface area (Å²) in [5, 5.41) is 0. The van der Waals surface area contributed by atoms with Gasteiger partial charge in [0, 0.05) is 31.8 Å². The molecule has 0 aromatic heterocycles. The van der Waals surface area contributed by atoms with Crippen molar-refractivity contribution in [1.29, 1.82) is 0 Å². The Hall–Kier alpha value is -2.50. The monoisotopic (exact) mass is 698 g/mol. The standard InChI is InChI=1S/C39H58O9Si/c1-8-49(9-2,10-3)48-37(7)20-17-32-18-24-42-28-30-15-14-16-31(25-30)35(41)43-23-13-11-12-19-36(5,6)46-34(40)26-33-29(4)27-38(45-33)21-22-39(37,44-32)47-38/h11,13-16,25-26,29,32H,8-10,12,17-24,27-28H2,1-7H3/b13-11+,33-26+/t29-,32+,37-,38+,39+/m1/s1. The number of cyclic esters (lactones) is 2. The molecular weight excluding hydrogens is 641 g/mol. The smallest absolute Gasteiger partial charge is 0.338 e. The second-order valence-corrected chi connectivity index (χ2v) is 19.9. The van der Waals surface area contributed by atoms with Gasteiger partial charge in [-0.2, -0.15) is 0 Å². The van der Waals surface area contributed by atoms with Crippen LogP contribution in [0.4, 0.5) is 0 Å². The Balaban J connectivity index is 1.41. The van der Waals surface area contributed by atoms with Gasteiger partial charge in [0.15, 0.2) is 8.32 Å². The molecule has 49 heavy (non-hydrogen) atoms. The average molecular weight is 699 g/mol. The summed E-state index contributed by atoms with van der Waals surface area (Å²) in [6.07, 6.45) is 10.7. The topological polar surface area (TPSA) is 98.8 Å². The molecule has 10 heteroatoms. The Morgan fingerprint density at radius 2 is 1.71 bits per heavy atom. The van der Waals surface area contributed by atoms with Gasteiger partial charge in [0.1, 0.15) is 23.6 Å². The highest BCUT2D eigenvalue weighted by atomic mass is 28.4. The zero-order chi connectivity index (χ0) is 35.3. The fourth-order valence-corrected chi connectivity index (χ4v) is 11.0. The van der Waals surface area contributed by atoms with Crippen LogP contribution in [0.2, 0.25) is 18.1 Å². The van der Waals surface area contributed by atoms with E-state index in [9.17, 15) is 9.59 Å². The molecule has 6 bridgehead atoms. The van der Waals surface area contributed by atoms with Gasteiger partial charge in [-0.1, -0.05) is 52.0 Å². The van der Waals surface area contributed by atoms with Crippen molar-refractivity contribution in [2.45, 2.75) is 153 Å². The number of ether oxygens (including phenoxy) is 6. The summed E-state index contributed by atoms with van der Waals surface area (Å²) in [5.41, 5.74) is 0.0577. The number of hydrogen-bond donors (Lipinski definition) is 0. The van der Waals surface area contributed by atoms with Crippen molar-refractivity contribution in [3.63, 3.8) is 0 Å². The van der Waals surface area contributed by atoms with E-state index in [4.69, 9.17) is 32.8 Å². The fraction of sp³-hybridized carbons (Fsp3) is 0.692. The minimum Gasteiger partial charge on any atom is -0.466 e. The van der Waals surface area contributed by atoms with Gasteiger partial charge in [0.2, 0.25) is 11.6 Å². The Bertz CT molecular complexity index is 1380.